The number of methoxy groups -OCH3 is 2. The summed E-state index contributed by atoms with van der Waals surface area (Å²) in [6.07, 6.45) is 5.17. The fourth-order valence-electron chi connectivity index (χ4n) is 3.78. The summed E-state index contributed by atoms with van der Waals surface area (Å²) in [7, 11) is 3.17. The molecule has 0 saturated carbocycles. The Bertz CT molecular complexity index is 845. The van der Waals surface area contributed by atoms with Gasteiger partial charge in [-0.15, -0.1) is 0 Å². The summed E-state index contributed by atoms with van der Waals surface area (Å²) in [4.78, 5) is 23.4. The van der Waals surface area contributed by atoms with Crippen molar-refractivity contribution in [2.24, 2.45) is 5.92 Å². The van der Waals surface area contributed by atoms with Crippen molar-refractivity contribution in [3.63, 3.8) is 0 Å². The van der Waals surface area contributed by atoms with Gasteiger partial charge in [-0.1, -0.05) is 0 Å². The number of carbonyl (C=O) groups excluding carboxylic acids is 1. The van der Waals surface area contributed by atoms with Crippen molar-refractivity contribution < 1.29 is 14.3 Å². The molecular formula is C22H31N5O3. The van der Waals surface area contributed by atoms with Crippen molar-refractivity contribution >= 4 is 23.2 Å². The largest absolute Gasteiger partial charge is 0.493 e. The van der Waals surface area contributed by atoms with Crippen LogP contribution in [-0.4, -0.2) is 49.7 Å². The van der Waals surface area contributed by atoms with Gasteiger partial charge in [0.25, 0.3) is 0 Å². The Kier molecular flexibility index (Phi) is 7.70. The molecule has 1 amide bonds. The Balaban J connectivity index is 1.52. The molecule has 1 atom stereocenters. The van der Waals surface area contributed by atoms with Gasteiger partial charge in [-0.05, 0) is 44.2 Å². The van der Waals surface area contributed by atoms with Gasteiger partial charge in [0.05, 0.1) is 14.2 Å². The number of ether oxygens (including phenoxy) is 2. The van der Waals surface area contributed by atoms with E-state index < -0.39 is 0 Å². The minimum Gasteiger partial charge on any atom is -0.493 e. The molecule has 1 aromatic carbocycles. The average molecular weight is 414 g/mol. The summed E-state index contributed by atoms with van der Waals surface area (Å²) >= 11 is 0. The van der Waals surface area contributed by atoms with E-state index in [1.807, 2.05) is 19.1 Å². The number of piperidine rings is 1. The van der Waals surface area contributed by atoms with E-state index in [2.05, 4.69) is 25.5 Å². The van der Waals surface area contributed by atoms with Crippen molar-refractivity contribution in [1.82, 2.24) is 9.97 Å². The molecule has 0 aliphatic carbocycles. The molecule has 8 heteroatoms. The zero-order valence-electron chi connectivity index (χ0n) is 18.0. The maximum absolute atomic E-state index is 12.5. The number of benzene rings is 1. The molecule has 1 aromatic heterocycles. The summed E-state index contributed by atoms with van der Waals surface area (Å²) in [6.45, 7) is 4.77. The molecule has 0 spiro atoms. The van der Waals surface area contributed by atoms with Crippen molar-refractivity contribution in [3.05, 3.63) is 30.6 Å². The first-order chi connectivity index (χ1) is 14.6. The van der Waals surface area contributed by atoms with Crippen molar-refractivity contribution in [1.29, 1.82) is 0 Å². The second kappa shape index (κ2) is 10.7. The number of amides is 1. The third-order valence-electron chi connectivity index (χ3n) is 5.30. The molecule has 3 rings (SSSR count). The van der Waals surface area contributed by atoms with Gasteiger partial charge in [-0.25, -0.2) is 9.97 Å². The summed E-state index contributed by atoms with van der Waals surface area (Å²) in [5.41, 5.74) is 0.708. The first-order valence-corrected chi connectivity index (χ1v) is 10.5. The number of hydrogen-bond acceptors (Lipinski definition) is 7. The Morgan fingerprint density at radius 2 is 2.03 bits per heavy atom. The summed E-state index contributed by atoms with van der Waals surface area (Å²) in [5, 5.41) is 6.18. The molecule has 0 radical (unpaired) electrons. The molecule has 2 aromatic rings. The van der Waals surface area contributed by atoms with Crippen LogP contribution in [0.2, 0.25) is 0 Å². The molecule has 1 aliphatic heterocycles. The van der Waals surface area contributed by atoms with Crippen LogP contribution < -0.4 is 25.0 Å². The predicted molar refractivity (Wildman–Crippen MR) is 119 cm³/mol. The summed E-state index contributed by atoms with van der Waals surface area (Å²) in [5.74, 6) is 3.50. The molecule has 2 N–H and O–H groups in total. The third kappa shape index (κ3) is 5.75. The van der Waals surface area contributed by atoms with E-state index in [4.69, 9.17) is 9.47 Å². The lowest BCUT2D eigenvalue weighted by molar-refractivity contribution is -0.116. The lowest BCUT2D eigenvalue weighted by atomic mass is 9.93. The van der Waals surface area contributed by atoms with Crippen molar-refractivity contribution in [2.45, 2.75) is 32.6 Å². The predicted octanol–water partition coefficient (Wildman–Crippen LogP) is 3.56. The van der Waals surface area contributed by atoms with Crippen LogP contribution in [-0.2, 0) is 4.79 Å². The van der Waals surface area contributed by atoms with Crippen LogP contribution in [0.3, 0.4) is 0 Å². The SMILES string of the molecule is CCNc1cc(N2CCCC(CCC(=O)Nc3ccc(OC)c(OC)c3)C2)ncn1. The van der Waals surface area contributed by atoms with Crippen LogP contribution in [0.15, 0.2) is 30.6 Å². The Morgan fingerprint density at radius 3 is 2.80 bits per heavy atom. The van der Waals surface area contributed by atoms with Crippen LogP contribution >= 0.6 is 0 Å². The van der Waals surface area contributed by atoms with Gasteiger partial charge < -0.3 is 25.0 Å². The fourth-order valence-corrected chi connectivity index (χ4v) is 3.78. The summed E-state index contributed by atoms with van der Waals surface area (Å²) in [6, 6.07) is 7.38. The second-order valence-electron chi connectivity index (χ2n) is 7.40. The standard InChI is InChI=1S/C22H31N5O3/c1-4-23-20-13-21(25-15-24-20)27-11-5-6-16(14-27)7-10-22(28)26-17-8-9-18(29-2)19(12-17)30-3/h8-9,12-13,15-16H,4-7,10-11,14H2,1-3H3,(H,26,28)(H,23,24,25). The first-order valence-electron chi connectivity index (χ1n) is 10.5. The van der Waals surface area contributed by atoms with Crippen molar-refractivity contribution in [2.75, 3.05) is 49.4 Å². The van der Waals surface area contributed by atoms with Gasteiger partial charge in [0, 0.05) is 43.9 Å². The van der Waals surface area contributed by atoms with E-state index in [0.29, 0.717) is 29.5 Å². The minimum absolute atomic E-state index is 0.0100. The smallest absolute Gasteiger partial charge is 0.224 e. The van der Waals surface area contributed by atoms with Gasteiger partial charge in [0.1, 0.15) is 18.0 Å². The molecule has 1 saturated heterocycles. The van der Waals surface area contributed by atoms with Crippen LogP contribution in [0, 0.1) is 5.92 Å². The van der Waals surface area contributed by atoms with Gasteiger partial charge in [0.2, 0.25) is 5.91 Å². The molecule has 162 valence electrons. The van der Waals surface area contributed by atoms with Crippen LogP contribution in [0.25, 0.3) is 0 Å². The number of nitrogens with one attached hydrogen (secondary N) is 2. The highest BCUT2D eigenvalue weighted by atomic mass is 16.5. The van der Waals surface area contributed by atoms with E-state index in [9.17, 15) is 4.79 Å². The number of carbonyl (C=O) groups is 1. The molecule has 8 nitrogen and oxygen atoms in total. The Hall–Kier alpha value is -3.03. The minimum atomic E-state index is 0.0100. The Morgan fingerprint density at radius 1 is 1.20 bits per heavy atom. The number of aromatic nitrogens is 2. The van der Waals surface area contributed by atoms with Gasteiger partial charge in [-0.3, -0.25) is 4.79 Å². The van der Waals surface area contributed by atoms with E-state index in [-0.39, 0.29) is 5.91 Å². The maximum Gasteiger partial charge on any atom is 0.224 e. The highest BCUT2D eigenvalue weighted by Gasteiger charge is 2.22. The van der Waals surface area contributed by atoms with Crippen LogP contribution in [0.4, 0.5) is 17.3 Å². The number of rotatable bonds is 9. The third-order valence-corrected chi connectivity index (χ3v) is 5.30. The zero-order chi connectivity index (χ0) is 21.3. The lowest BCUT2D eigenvalue weighted by Gasteiger charge is -2.33. The molecule has 1 aliphatic rings. The number of hydrogen-bond donors (Lipinski definition) is 2. The van der Waals surface area contributed by atoms with E-state index in [1.54, 1.807) is 32.7 Å². The summed E-state index contributed by atoms with van der Waals surface area (Å²) < 4.78 is 10.5. The normalized spacial score (nSPS) is 16.1. The number of nitrogens with zero attached hydrogens (tertiary/aromatic N) is 3. The average Bonchev–Trinajstić information content (AvgIpc) is 2.78. The van der Waals surface area contributed by atoms with Gasteiger partial charge >= 0.3 is 0 Å². The van der Waals surface area contributed by atoms with E-state index >= 15 is 0 Å². The first kappa shape index (κ1) is 21.7. The zero-order valence-corrected chi connectivity index (χ0v) is 18.0. The monoisotopic (exact) mass is 413 g/mol. The quantitative estimate of drug-likeness (QED) is 0.650. The highest BCUT2D eigenvalue weighted by Crippen LogP contribution is 2.30. The fraction of sp³-hybridized carbons (Fsp3) is 0.500. The maximum atomic E-state index is 12.5. The molecule has 1 fully saturated rings. The van der Waals surface area contributed by atoms with E-state index in [1.165, 1.54) is 0 Å². The van der Waals surface area contributed by atoms with E-state index in [0.717, 1.165) is 50.5 Å². The molecule has 1 unspecified atom stereocenters. The van der Waals surface area contributed by atoms with Gasteiger partial charge in [0.15, 0.2) is 11.5 Å². The highest BCUT2D eigenvalue weighted by molar-refractivity contribution is 5.91. The molecule has 30 heavy (non-hydrogen) atoms. The number of anilines is 3. The lowest BCUT2D eigenvalue weighted by Crippen LogP contribution is -2.36. The molecule has 0 bridgehead atoms. The second-order valence-corrected chi connectivity index (χ2v) is 7.40. The topological polar surface area (TPSA) is 88.6 Å². The van der Waals surface area contributed by atoms with Crippen molar-refractivity contribution in [3.8, 4) is 11.5 Å². The van der Waals surface area contributed by atoms with Crippen LogP contribution in [0.1, 0.15) is 32.6 Å². The molecule has 2 heterocycles. The van der Waals surface area contributed by atoms with Crippen LogP contribution in [0.5, 0.6) is 11.5 Å². The Labute approximate surface area is 178 Å². The molecular weight excluding hydrogens is 382 g/mol. The van der Waals surface area contributed by atoms with Gasteiger partial charge in [-0.2, -0.15) is 0 Å².